The van der Waals surface area contributed by atoms with E-state index < -0.39 is 11.9 Å². The van der Waals surface area contributed by atoms with Crippen molar-refractivity contribution in [2.45, 2.75) is 44.9 Å². The van der Waals surface area contributed by atoms with Gasteiger partial charge in [-0.2, -0.15) is 0 Å². The first-order valence-electron chi connectivity index (χ1n) is 7.70. The Bertz CT molecular complexity index is 368. The quantitative estimate of drug-likeness (QED) is 0.832. The average Bonchev–Trinajstić information content (AvgIpc) is 2.47. The minimum absolute atomic E-state index is 0.140. The van der Waals surface area contributed by atoms with Crippen molar-refractivity contribution in [2.75, 3.05) is 13.1 Å². The summed E-state index contributed by atoms with van der Waals surface area (Å²) in [6.07, 6.45) is 7.46. The summed E-state index contributed by atoms with van der Waals surface area (Å²) in [4.78, 5) is 26.2. The van der Waals surface area contributed by atoms with Gasteiger partial charge in [0.2, 0.25) is 5.91 Å². The number of piperidine rings is 1. The van der Waals surface area contributed by atoms with Gasteiger partial charge in [0.15, 0.2) is 0 Å². The molecule has 0 spiro atoms. The summed E-state index contributed by atoms with van der Waals surface area (Å²) in [5.74, 6) is -0.696. The van der Waals surface area contributed by atoms with Crippen LogP contribution >= 0.6 is 0 Å². The van der Waals surface area contributed by atoms with Gasteiger partial charge in [-0.25, -0.2) is 0 Å². The lowest BCUT2D eigenvalue weighted by Crippen LogP contribution is -2.52. The first-order valence-corrected chi connectivity index (χ1v) is 7.70. The number of carboxylic acids is 1. The van der Waals surface area contributed by atoms with E-state index in [1.54, 1.807) is 0 Å². The van der Waals surface area contributed by atoms with Crippen LogP contribution in [0.15, 0.2) is 0 Å². The number of nitrogens with zero attached hydrogens (tertiary/aromatic N) is 1. The number of carbonyl (C=O) groups excluding carboxylic acids is 1. The van der Waals surface area contributed by atoms with Crippen molar-refractivity contribution in [1.82, 2.24) is 4.90 Å². The Morgan fingerprint density at radius 1 is 0.842 bits per heavy atom. The molecule has 4 fully saturated rings. The summed E-state index contributed by atoms with van der Waals surface area (Å²) in [6.45, 7) is 1.66. The molecule has 106 valence electrons. The lowest BCUT2D eigenvalue weighted by Gasteiger charge is -2.47. The van der Waals surface area contributed by atoms with E-state index in [0.717, 1.165) is 51.6 Å². The molecular weight excluding hydrogens is 242 g/mol. The fraction of sp³-hybridized carbons (Fsp3) is 0.867. The molecule has 3 aliphatic carbocycles. The Morgan fingerprint density at radius 2 is 1.37 bits per heavy atom. The SMILES string of the molecule is O=C(O)[C@H]1C2CCC(CC2)[C@H]1C(=O)N1CCCCC1. The van der Waals surface area contributed by atoms with Gasteiger partial charge in [-0.15, -0.1) is 0 Å². The van der Waals surface area contributed by atoms with E-state index in [-0.39, 0.29) is 17.7 Å². The van der Waals surface area contributed by atoms with Gasteiger partial charge in [0.25, 0.3) is 0 Å². The fourth-order valence-corrected chi connectivity index (χ4v) is 4.49. The third-order valence-corrected chi connectivity index (χ3v) is 5.46. The first-order chi connectivity index (χ1) is 9.18. The lowest BCUT2D eigenvalue weighted by molar-refractivity contribution is -0.162. The predicted octanol–water partition coefficient (Wildman–Crippen LogP) is 2.14. The summed E-state index contributed by atoms with van der Waals surface area (Å²) in [6, 6.07) is 0. The number of hydrogen-bond acceptors (Lipinski definition) is 2. The minimum atomic E-state index is -0.746. The second-order valence-electron chi connectivity index (χ2n) is 6.45. The Balaban J connectivity index is 1.80. The fourth-order valence-electron chi connectivity index (χ4n) is 4.49. The van der Waals surface area contributed by atoms with Crippen LogP contribution in [0.1, 0.15) is 44.9 Å². The molecule has 0 radical (unpaired) electrons. The Hall–Kier alpha value is -1.06. The molecule has 1 heterocycles. The van der Waals surface area contributed by atoms with Crippen LogP contribution < -0.4 is 0 Å². The highest BCUT2D eigenvalue weighted by Gasteiger charge is 2.51. The van der Waals surface area contributed by atoms with Gasteiger partial charge >= 0.3 is 5.97 Å². The van der Waals surface area contributed by atoms with Crippen molar-refractivity contribution in [1.29, 1.82) is 0 Å². The van der Waals surface area contributed by atoms with Crippen LogP contribution in [0.25, 0.3) is 0 Å². The largest absolute Gasteiger partial charge is 0.481 e. The van der Waals surface area contributed by atoms with E-state index in [2.05, 4.69) is 0 Å². The number of aliphatic carboxylic acids is 1. The topological polar surface area (TPSA) is 57.6 Å². The van der Waals surface area contributed by atoms with Crippen LogP contribution in [-0.4, -0.2) is 35.0 Å². The van der Waals surface area contributed by atoms with Crippen molar-refractivity contribution >= 4 is 11.9 Å². The number of carbonyl (C=O) groups is 2. The average molecular weight is 265 g/mol. The summed E-state index contributed by atoms with van der Waals surface area (Å²) in [7, 11) is 0. The lowest BCUT2D eigenvalue weighted by atomic mass is 9.58. The van der Waals surface area contributed by atoms with Gasteiger partial charge in [0.05, 0.1) is 11.8 Å². The zero-order chi connectivity index (χ0) is 13.4. The molecule has 4 heteroatoms. The van der Waals surface area contributed by atoms with E-state index in [0.29, 0.717) is 5.92 Å². The number of rotatable bonds is 2. The molecule has 0 aromatic rings. The molecule has 0 aromatic heterocycles. The maximum atomic E-state index is 12.7. The summed E-state index contributed by atoms with van der Waals surface area (Å²) in [5, 5.41) is 9.51. The summed E-state index contributed by atoms with van der Waals surface area (Å²) in [5.41, 5.74) is 0. The molecular formula is C15H23NO3. The number of fused-ring (bicyclic) bond motifs is 3. The highest BCUT2D eigenvalue weighted by atomic mass is 16.4. The molecule has 3 saturated carbocycles. The van der Waals surface area contributed by atoms with Crippen LogP contribution in [0.4, 0.5) is 0 Å². The second-order valence-corrected chi connectivity index (χ2v) is 6.45. The Kier molecular flexibility index (Phi) is 3.50. The van der Waals surface area contributed by atoms with E-state index >= 15 is 0 Å². The molecule has 1 aliphatic heterocycles. The van der Waals surface area contributed by atoms with Gasteiger partial charge in [-0.1, -0.05) is 0 Å². The standard InChI is InChI=1S/C15H23NO3/c17-14(16-8-2-1-3-9-16)12-10-4-6-11(7-5-10)13(12)15(18)19/h10-13H,1-9H2,(H,18,19)/t10?,11?,12-,13+/m1/s1. The number of hydrogen-bond donors (Lipinski definition) is 1. The zero-order valence-corrected chi connectivity index (χ0v) is 11.4. The second kappa shape index (κ2) is 5.14. The highest BCUT2D eigenvalue weighted by Crippen LogP contribution is 2.49. The Labute approximate surface area is 114 Å². The molecule has 4 aliphatic rings. The maximum Gasteiger partial charge on any atom is 0.307 e. The molecule has 1 saturated heterocycles. The van der Waals surface area contributed by atoms with Crippen LogP contribution in [0.5, 0.6) is 0 Å². The zero-order valence-electron chi connectivity index (χ0n) is 11.4. The van der Waals surface area contributed by atoms with Gasteiger partial charge in [0.1, 0.15) is 0 Å². The van der Waals surface area contributed by atoms with E-state index in [1.807, 2.05) is 4.90 Å². The number of carboxylic acid groups (broad SMARTS) is 1. The molecule has 2 atom stereocenters. The normalized spacial score (nSPS) is 38.2. The molecule has 4 nitrogen and oxygen atoms in total. The van der Waals surface area contributed by atoms with Crippen molar-refractivity contribution in [3.63, 3.8) is 0 Å². The molecule has 19 heavy (non-hydrogen) atoms. The highest BCUT2D eigenvalue weighted by molar-refractivity contribution is 5.85. The molecule has 1 amide bonds. The molecule has 2 bridgehead atoms. The van der Waals surface area contributed by atoms with Crippen molar-refractivity contribution < 1.29 is 14.7 Å². The van der Waals surface area contributed by atoms with Crippen molar-refractivity contribution in [2.24, 2.45) is 23.7 Å². The predicted molar refractivity (Wildman–Crippen MR) is 70.5 cm³/mol. The van der Waals surface area contributed by atoms with E-state index in [4.69, 9.17) is 0 Å². The molecule has 4 rings (SSSR count). The number of amides is 1. The Morgan fingerprint density at radius 3 is 1.89 bits per heavy atom. The summed E-state index contributed by atoms with van der Waals surface area (Å²) < 4.78 is 0. The first kappa shape index (κ1) is 12.9. The minimum Gasteiger partial charge on any atom is -0.481 e. The maximum absolute atomic E-state index is 12.7. The van der Waals surface area contributed by atoms with Gasteiger partial charge in [0, 0.05) is 13.1 Å². The van der Waals surface area contributed by atoms with Crippen LogP contribution in [0.2, 0.25) is 0 Å². The monoisotopic (exact) mass is 265 g/mol. The van der Waals surface area contributed by atoms with Crippen LogP contribution in [0, 0.1) is 23.7 Å². The molecule has 0 aromatic carbocycles. The van der Waals surface area contributed by atoms with Gasteiger partial charge in [-0.3, -0.25) is 9.59 Å². The summed E-state index contributed by atoms with van der Waals surface area (Å²) >= 11 is 0. The van der Waals surface area contributed by atoms with Crippen molar-refractivity contribution in [3.8, 4) is 0 Å². The number of likely N-dealkylation sites (tertiary alicyclic amines) is 1. The van der Waals surface area contributed by atoms with Crippen molar-refractivity contribution in [3.05, 3.63) is 0 Å². The van der Waals surface area contributed by atoms with Gasteiger partial charge in [-0.05, 0) is 56.8 Å². The van der Waals surface area contributed by atoms with E-state index in [1.165, 1.54) is 6.42 Å². The van der Waals surface area contributed by atoms with Crippen LogP contribution in [0.3, 0.4) is 0 Å². The smallest absolute Gasteiger partial charge is 0.307 e. The van der Waals surface area contributed by atoms with Crippen LogP contribution in [-0.2, 0) is 9.59 Å². The van der Waals surface area contributed by atoms with Gasteiger partial charge < -0.3 is 10.0 Å². The molecule has 0 unspecified atom stereocenters. The molecule has 1 N–H and O–H groups in total. The third kappa shape index (κ3) is 2.26. The van der Waals surface area contributed by atoms with E-state index in [9.17, 15) is 14.7 Å². The third-order valence-electron chi connectivity index (χ3n) is 5.46.